The summed E-state index contributed by atoms with van der Waals surface area (Å²) in [6, 6.07) is 10.5. The number of fused-ring (bicyclic) bond motifs is 2. The number of hydrogen-bond donors (Lipinski definition) is 3. The van der Waals surface area contributed by atoms with Crippen LogP contribution in [0.15, 0.2) is 42.6 Å². The van der Waals surface area contributed by atoms with Gasteiger partial charge in [0.1, 0.15) is 5.82 Å². The molecule has 0 fully saturated rings. The fraction of sp³-hybridized carbons (Fsp3) is 0.0588. The molecule has 0 spiro atoms. The lowest BCUT2D eigenvalue weighted by Crippen LogP contribution is -2.06. The van der Waals surface area contributed by atoms with Crippen molar-refractivity contribution in [1.29, 1.82) is 0 Å². The minimum Gasteiger partial charge on any atom is -0.360 e. The van der Waals surface area contributed by atoms with E-state index in [0.29, 0.717) is 5.95 Å². The molecule has 2 aromatic heterocycles. The number of carbonyl (C=O) groups excluding carboxylic acids is 1. The number of benzene rings is 2. The predicted molar refractivity (Wildman–Crippen MR) is 87.6 cm³/mol. The Morgan fingerprint density at radius 3 is 2.87 bits per heavy atom. The Morgan fingerprint density at radius 1 is 1.17 bits per heavy atom. The van der Waals surface area contributed by atoms with Gasteiger partial charge in [-0.25, -0.2) is 9.37 Å². The number of rotatable bonds is 2. The molecule has 4 aromatic rings. The summed E-state index contributed by atoms with van der Waals surface area (Å²) in [7, 11) is 0. The van der Waals surface area contributed by atoms with Crippen molar-refractivity contribution < 1.29 is 9.18 Å². The average molecular weight is 308 g/mol. The molecule has 2 aromatic carbocycles. The predicted octanol–water partition coefficient (Wildman–Crippen LogP) is 3.81. The monoisotopic (exact) mass is 308 g/mol. The van der Waals surface area contributed by atoms with E-state index in [4.69, 9.17) is 0 Å². The lowest BCUT2D eigenvalue weighted by molar-refractivity contribution is -0.114. The van der Waals surface area contributed by atoms with Crippen molar-refractivity contribution in [2.24, 2.45) is 0 Å². The Morgan fingerprint density at radius 2 is 2.04 bits per heavy atom. The Hall–Kier alpha value is -3.15. The summed E-state index contributed by atoms with van der Waals surface area (Å²) in [5, 5.41) is 3.58. The molecule has 0 aliphatic rings. The maximum absolute atomic E-state index is 13.3. The molecule has 4 rings (SSSR count). The minimum absolute atomic E-state index is 0.178. The highest BCUT2D eigenvalue weighted by Gasteiger charge is 2.10. The fourth-order valence-corrected chi connectivity index (χ4v) is 2.74. The Kier molecular flexibility index (Phi) is 2.90. The molecule has 0 saturated heterocycles. The van der Waals surface area contributed by atoms with Gasteiger partial charge in [0.15, 0.2) is 0 Å². The van der Waals surface area contributed by atoms with Crippen LogP contribution < -0.4 is 5.32 Å². The lowest BCUT2D eigenvalue weighted by atomic mass is 10.0. The summed E-state index contributed by atoms with van der Waals surface area (Å²) >= 11 is 0. The molecule has 0 atom stereocenters. The fourth-order valence-electron chi connectivity index (χ4n) is 2.74. The van der Waals surface area contributed by atoms with E-state index < -0.39 is 0 Å². The van der Waals surface area contributed by atoms with E-state index in [0.717, 1.165) is 33.1 Å². The third-order valence-corrected chi connectivity index (χ3v) is 3.73. The van der Waals surface area contributed by atoms with Gasteiger partial charge in [-0.05, 0) is 35.9 Å². The molecule has 0 unspecified atom stereocenters. The molecule has 0 aliphatic heterocycles. The first-order valence-electron chi connectivity index (χ1n) is 7.14. The van der Waals surface area contributed by atoms with E-state index in [1.165, 1.54) is 19.1 Å². The number of H-pyrrole nitrogens is 2. The number of anilines is 1. The van der Waals surface area contributed by atoms with Crippen molar-refractivity contribution in [3.63, 3.8) is 0 Å². The quantitative estimate of drug-likeness (QED) is 0.527. The molecule has 0 bridgehead atoms. The first-order valence-corrected chi connectivity index (χ1v) is 7.14. The van der Waals surface area contributed by atoms with Gasteiger partial charge in [0.05, 0.1) is 11.0 Å². The van der Waals surface area contributed by atoms with Crippen LogP contribution in [0.4, 0.5) is 10.3 Å². The number of imidazole rings is 1. The first kappa shape index (κ1) is 13.5. The number of amides is 1. The number of aromatic nitrogens is 3. The molecule has 2 heterocycles. The van der Waals surface area contributed by atoms with Gasteiger partial charge in [0.2, 0.25) is 11.9 Å². The van der Waals surface area contributed by atoms with Gasteiger partial charge in [-0.3, -0.25) is 10.1 Å². The smallest absolute Gasteiger partial charge is 0.223 e. The number of nitrogens with one attached hydrogen (secondary N) is 3. The largest absolute Gasteiger partial charge is 0.360 e. The van der Waals surface area contributed by atoms with Crippen LogP contribution in [0.3, 0.4) is 0 Å². The van der Waals surface area contributed by atoms with Crippen LogP contribution >= 0.6 is 0 Å². The molecule has 23 heavy (non-hydrogen) atoms. The van der Waals surface area contributed by atoms with Gasteiger partial charge in [0, 0.05) is 29.6 Å². The van der Waals surface area contributed by atoms with Crippen molar-refractivity contribution in [2.75, 3.05) is 5.32 Å². The maximum atomic E-state index is 13.3. The lowest BCUT2D eigenvalue weighted by Gasteiger charge is -2.00. The third kappa shape index (κ3) is 2.34. The Labute approximate surface area is 130 Å². The van der Waals surface area contributed by atoms with Crippen LogP contribution in [0, 0.1) is 5.82 Å². The number of nitrogens with zero attached hydrogens (tertiary/aromatic N) is 1. The number of aromatic amines is 2. The normalized spacial score (nSPS) is 11.2. The van der Waals surface area contributed by atoms with Crippen molar-refractivity contribution in [3.05, 3.63) is 48.4 Å². The van der Waals surface area contributed by atoms with Gasteiger partial charge < -0.3 is 9.97 Å². The molecular formula is C17H13FN4O. The standard InChI is InChI=1S/C17H13FN4O/c1-9(23)20-17-21-14-5-2-10(6-16(14)22-17)13-8-19-15-7-11(18)3-4-12(13)15/h2-8,19H,1H3,(H2,20,21,22,23). The minimum atomic E-state index is -0.270. The highest BCUT2D eigenvalue weighted by molar-refractivity contribution is 5.98. The summed E-state index contributed by atoms with van der Waals surface area (Å²) in [5.41, 5.74) is 4.29. The zero-order valence-corrected chi connectivity index (χ0v) is 12.3. The second-order valence-electron chi connectivity index (χ2n) is 5.39. The van der Waals surface area contributed by atoms with Gasteiger partial charge in [-0.1, -0.05) is 6.07 Å². The van der Waals surface area contributed by atoms with Crippen LogP contribution in [0.5, 0.6) is 0 Å². The number of halogens is 1. The van der Waals surface area contributed by atoms with E-state index in [9.17, 15) is 9.18 Å². The highest BCUT2D eigenvalue weighted by Crippen LogP contribution is 2.31. The van der Waals surface area contributed by atoms with Crippen molar-refractivity contribution in [2.45, 2.75) is 6.92 Å². The van der Waals surface area contributed by atoms with Crippen molar-refractivity contribution in [1.82, 2.24) is 15.0 Å². The summed E-state index contributed by atoms with van der Waals surface area (Å²) in [6.07, 6.45) is 1.85. The second-order valence-corrected chi connectivity index (χ2v) is 5.39. The second kappa shape index (κ2) is 4.95. The zero-order valence-electron chi connectivity index (χ0n) is 12.3. The van der Waals surface area contributed by atoms with Gasteiger partial charge in [-0.15, -0.1) is 0 Å². The summed E-state index contributed by atoms with van der Waals surface area (Å²) in [4.78, 5) is 21.6. The van der Waals surface area contributed by atoms with Crippen molar-refractivity contribution >= 4 is 33.8 Å². The van der Waals surface area contributed by atoms with Crippen LogP contribution in [0.25, 0.3) is 33.1 Å². The Bertz CT molecular complexity index is 1050. The van der Waals surface area contributed by atoms with E-state index in [1.54, 1.807) is 6.07 Å². The topological polar surface area (TPSA) is 73.6 Å². The number of carbonyl (C=O) groups is 1. The molecule has 0 saturated carbocycles. The van der Waals surface area contributed by atoms with Gasteiger partial charge in [0.25, 0.3) is 0 Å². The Balaban J connectivity index is 1.82. The highest BCUT2D eigenvalue weighted by atomic mass is 19.1. The molecule has 114 valence electrons. The van der Waals surface area contributed by atoms with Crippen LogP contribution in [0.1, 0.15) is 6.92 Å². The first-order chi connectivity index (χ1) is 11.1. The van der Waals surface area contributed by atoms with Crippen LogP contribution in [0.2, 0.25) is 0 Å². The molecule has 6 heteroatoms. The van der Waals surface area contributed by atoms with E-state index in [2.05, 4.69) is 20.3 Å². The molecule has 3 N–H and O–H groups in total. The summed E-state index contributed by atoms with van der Waals surface area (Å²) in [5.74, 6) is -0.0258. The molecule has 5 nitrogen and oxygen atoms in total. The zero-order chi connectivity index (χ0) is 16.0. The molecule has 1 amide bonds. The summed E-state index contributed by atoms with van der Waals surface area (Å²) in [6.45, 7) is 1.43. The summed E-state index contributed by atoms with van der Waals surface area (Å²) < 4.78 is 13.3. The third-order valence-electron chi connectivity index (χ3n) is 3.73. The molecular weight excluding hydrogens is 295 g/mol. The average Bonchev–Trinajstić information content (AvgIpc) is 3.08. The van der Waals surface area contributed by atoms with Gasteiger partial charge >= 0.3 is 0 Å². The SMILES string of the molecule is CC(=O)Nc1nc2cc(-c3c[nH]c4cc(F)ccc34)ccc2[nH]1. The van der Waals surface area contributed by atoms with E-state index >= 15 is 0 Å². The maximum Gasteiger partial charge on any atom is 0.223 e. The molecule has 0 radical (unpaired) electrons. The van der Waals surface area contributed by atoms with Crippen LogP contribution in [-0.4, -0.2) is 20.9 Å². The van der Waals surface area contributed by atoms with E-state index in [-0.39, 0.29) is 11.7 Å². The van der Waals surface area contributed by atoms with Crippen molar-refractivity contribution in [3.8, 4) is 11.1 Å². The van der Waals surface area contributed by atoms with Gasteiger partial charge in [-0.2, -0.15) is 0 Å². The number of hydrogen-bond acceptors (Lipinski definition) is 2. The molecule has 0 aliphatic carbocycles. The van der Waals surface area contributed by atoms with E-state index in [1.807, 2.05) is 24.4 Å². The van der Waals surface area contributed by atoms with Crippen LogP contribution in [-0.2, 0) is 4.79 Å².